The molecule has 1 aliphatic rings. The molecule has 0 fully saturated rings. The lowest BCUT2D eigenvalue weighted by atomic mass is 10.2. The van der Waals surface area contributed by atoms with Gasteiger partial charge in [-0.15, -0.1) is 0 Å². The Hall–Kier alpha value is -3.82. The van der Waals surface area contributed by atoms with E-state index in [0.717, 1.165) is 4.31 Å². The van der Waals surface area contributed by atoms with Gasteiger partial charge in [0.2, 0.25) is 0 Å². The second-order valence-corrected chi connectivity index (χ2v) is 10.1. The summed E-state index contributed by atoms with van der Waals surface area (Å²) in [5, 5.41) is 0.940. The molecule has 178 valence electrons. The average Bonchev–Trinajstić information content (AvgIpc) is 3.27. The van der Waals surface area contributed by atoms with Gasteiger partial charge in [-0.3, -0.25) is 13.7 Å². The monoisotopic (exact) mass is 510 g/mol. The van der Waals surface area contributed by atoms with E-state index < -0.39 is 28.0 Å². The van der Waals surface area contributed by atoms with Crippen LogP contribution in [0, 0.1) is 0 Å². The van der Waals surface area contributed by atoms with Crippen LogP contribution in [0.1, 0.15) is 15.2 Å². The molecule has 10 heteroatoms. The van der Waals surface area contributed by atoms with Crippen LogP contribution in [0.25, 0.3) is 10.9 Å². The molecule has 1 aliphatic heterocycles. The van der Waals surface area contributed by atoms with Gasteiger partial charge in [0.05, 0.1) is 35.3 Å². The minimum absolute atomic E-state index is 0.0317. The van der Waals surface area contributed by atoms with Crippen LogP contribution >= 0.6 is 11.6 Å². The predicted octanol–water partition coefficient (Wildman–Crippen LogP) is 4.38. The average molecular weight is 511 g/mol. The molecule has 0 amide bonds. The summed E-state index contributed by atoms with van der Waals surface area (Å²) in [7, 11) is -2.78. The van der Waals surface area contributed by atoms with Crippen LogP contribution in [-0.2, 0) is 14.8 Å². The summed E-state index contributed by atoms with van der Waals surface area (Å²) in [6.07, 6.45) is 0.217. The highest BCUT2D eigenvalue weighted by molar-refractivity contribution is 7.92. The molecule has 8 nitrogen and oxygen atoms in total. The fraction of sp³-hybridized carbons (Fsp3) is 0.120. The van der Waals surface area contributed by atoms with Gasteiger partial charge < -0.3 is 9.47 Å². The van der Waals surface area contributed by atoms with Crippen molar-refractivity contribution in [3.8, 4) is 5.75 Å². The van der Waals surface area contributed by atoms with Crippen LogP contribution < -0.4 is 9.04 Å². The first kappa shape index (κ1) is 22.9. The molecular weight excluding hydrogens is 492 g/mol. The maximum atomic E-state index is 13.6. The number of methoxy groups -OCH3 is 1. The van der Waals surface area contributed by atoms with E-state index in [0.29, 0.717) is 21.6 Å². The summed E-state index contributed by atoms with van der Waals surface area (Å²) in [5.74, 6) is -0.865. The van der Waals surface area contributed by atoms with Crippen molar-refractivity contribution in [1.29, 1.82) is 0 Å². The fourth-order valence-corrected chi connectivity index (χ4v) is 5.68. The number of hydrogen-bond acceptors (Lipinski definition) is 6. The topological polar surface area (TPSA) is 94.9 Å². The van der Waals surface area contributed by atoms with E-state index in [1.165, 1.54) is 42.1 Å². The number of esters is 1. The number of anilines is 1. The summed E-state index contributed by atoms with van der Waals surface area (Å²) in [6, 6.07) is 19.3. The van der Waals surface area contributed by atoms with Crippen molar-refractivity contribution in [1.82, 2.24) is 4.57 Å². The molecular formula is C25H19ClN2O6S. The molecule has 3 aromatic carbocycles. The van der Waals surface area contributed by atoms with E-state index in [4.69, 9.17) is 21.1 Å². The number of hydrogen-bond donors (Lipinski definition) is 0. The van der Waals surface area contributed by atoms with Gasteiger partial charge in [0.1, 0.15) is 5.75 Å². The molecule has 0 bridgehead atoms. The van der Waals surface area contributed by atoms with E-state index in [-0.39, 0.29) is 22.8 Å². The molecule has 4 aromatic rings. The van der Waals surface area contributed by atoms with Crippen LogP contribution in [0.5, 0.6) is 5.75 Å². The zero-order valence-corrected chi connectivity index (χ0v) is 20.0. The van der Waals surface area contributed by atoms with E-state index in [2.05, 4.69) is 0 Å². The van der Waals surface area contributed by atoms with Gasteiger partial charge in [-0.1, -0.05) is 41.9 Å². The number of carbonyl (C=O) groups is 2. The summed E-state index contributed by atoms with van der Waals surface area (Å²) >= 11 is 5.93. The third-order valence-corrected chi connectivity index (χ3v) is 7.81. The van der Waals surface area contributed by atoms with Gasteiger partial charge in [-0.05, 0) is 42.5 Å². The first-order valence-corrected chi connectivity index (χ1v) is 12.4. The number of halogens is 1. The Kier molecular flexibility index (Phi) is 5.74. The molecule has 0 N–H and O–H groups in total. The van der Waals surface area contributed by atoms with Crippen molar-refractivity contribution < 1.29 is 27.5 Å². The van der Waals surface area contributed by atoms with Crippen molar-refractivity contribution >= 4 is 50.1 Å². The van der Waals surface area contributed by atoms with E-state index in [1.807, 2.05) is 0 Å². The van der Waals surface area contributed by atoms with Gasteiger partial charge in [-0.25, -0.2) is 13.2 Å². The Morgan fingerprint density at radius 3 is 2.43 bits per heavy atom. The first-order valence-electron chi connectivity index (χ1n) is 10.6. The van der Waals surface area contributed by atoms with Crippen molar-refractivity contribution in [3.63, 3.8) is 0 Å². The van der Waals surface area contributed by atoms with Crippen LogP contribution in [-0.4, -0.2) is 44.6 Å². The van der Waals surface area contributed by atoms with Gasteiger partial charge in [0.25, 0.3) is 15.9 Å². The van der Waals surface area contributed by atoms with Crippen molar-refractivity contribution in [2.75, 3.05) is 18.0 Å². The zero-order valence-electron chi connectivity index (χ0n) is 18.4. The highest BCUT2D eigenvalue weighted by Crippen LogP contribution is 2.37. The Balaban J connectivity index is 1.58. The number of rotatable bonds is 4. The molecule has 5 rings (SSSR count). The number of nitrogens with zero attached hydrogens (tertiary/aromatic N) is 2. The molecule has 0 unspecified atom stereocenters. The molecule has 35 heavy (non-hydrogen) atoms. The van der Waals surface area contributed by atoms with Crippen LogP contribution in [0.3, 0.4) is 0 Å². The maximum Gasteiger partial charge on any atom is 0.340 e. The molecule has 0 spiro atoms. The van der Waals surface area contributed by atoms with Gasteiger partial charge in [0.15, 0.2) is 6.10 Å². The van der Waals surface area contributed by atoms with E-state index >= 15 is 0 Å². The smallest absolute Gasteiger partial charge is 0.340 e. The lowest BCUT2D eigenvalue weighted by Gasteiger charge is -2.34. The quantitative estimate of drug-likeness (QED) is 0.378. The lowest BCUT2D eigenvalue weighted by molar-refractivity contribution is 0.0602. The number of aromatic nitrogens is 1. The number of para-hydroxylation sites is 3. The normalized spacial score (nSPS) is 15.4. The van der Waals surface area contributed by atoms with Crippen molar-refractivity contribution in [2.24, 2.45) is 0 Å². The van der Waals surface area contributed by atoms with Gasteiger partial charge >= 0.3 is 5.97 Å². The summed E-state index contributed by atoms with van der Waals surface area (Å²) < 4.78 is 40.4. The number of sulfonamides is 1. The van der Waals surface area contributed by atoms with Crippen molar-refractivity contribution in [3.05, 3.63) is 89.6 Å². The second-order valence-electron chi connectivity index (χ2n) is 7.82. The number of carbonyl (C=O) groups excluding carboxylic acids is 2. The van der Waals surface area contributed by atoms with Crippen molar-refractivity contribution in [2.45, 2.75) is 11.0 Å². The Labute approximate surface area is 206 Å². The predicted molar refractivity (Wildman–Crippen MR) is 131 cm³/mol. The summed E-state index contributed by atoms with van der Waals surface area (Å²) in [5.41, 5.74) is 1.02. The number of ether oxygens (including phenoxy) is 2. The number of benzene rings is 3. The minimum atomic E-state index is -4.04. The molecule has 2 heterocycles. The minimum Gasteiger partial charge on any atom is -0.476 e. The molecule has 0 radical (unpaired) electrons. The number of fused-ring (bicyclic) bond motifs is 2. The second kappa shape index (κ2) is 8.75. The molecule has 0 saturated carbocycles. The van der Waals surface area contributed by atoms with Gasteiger partial charge in [0, 0.05) is 16.6 Å². The highest BCUT2D eigenvalue weighted by Gasteiger charge is 2.38. The highest BCUT2D eigenvalue weighted by atomic mass is 35.5. The maximum absolute atomic E-state index is 13.6. The van der Waals surface area contributed by atoms with Gasteiger partial charge in [-0.2, -0.15) is 0 Å². The lowest BCUT2D eigenvalue weighted by Crippen LogP contribution is -2.48. The molecule has 1 atom stereocenters. The Bertz CT molecular complexity index is 1560. The van der Waals surface area contributed by atoms with Crippen LogP contribution in [0.4, 0.5) is 5.69 Å². The fourth-order valence-electron chi connectivity index (χ4n) is 4.08. The summed E-state index contributed by atoms with van der Waals surface area (Å²) in [6.45, 7) is -0.263. The molecule has 1 aromatic heterocycles. The molecule has 0 saturated heterocycles. The standard InChI is InChI=1S/C25H19ClN2O6S/c1-33-25(30)19-14-27(20-7-3-2-6-18(19)20)24(29)23-15-28(21-8-4-5-9-22(21)34-23)35(31,32)17-12-10-16(26)11-13-17/h2-14,23H,15H2,1H3/t23-/m1/s1. The third kappa shape index (κ3) is 3.92. The molecule has 0 aliphatic carbocycles. The largest absolute Gasteiger partial charge is 0.476 e. The Morgan fingerprint density at radius 1 is 1.00 bits per heavy atom. The first-order chi connectivity index (χ1) is 16.8. The van der Waals surface area contributed by atoms with Crippen LogP contribution in [0.15, 0.2) is 83.9 Å². The third-order valence-electron chi connectivity index (χ3n) is 5.77. The van der Waals surface area contributed by atoms with E-state index in [9.17, 15) is 18.0 Å². The van der Waals surface area contributed by atoms with E-state index in [1.54, 1.807) is 48.5 Å². The Morgan fingerprint density at radius 2 is 1.69 bits per heavy atom. The van der Waals surface area contributed by atoms with Crippen LogP contribution in [0.2, 0.25) is 5.02 Å². The SMILES string of the molecule is COC(=O)c1cn(C(=O)[C@H]2CN(S(=O)(=O)c3ccc(Cl)cc3)c3ccccc3O2)c2ccccc12. The zero-order chi connectivity index (χ0) is 24.7. The summed E-state index contributed by atoms with van der Waals surface area (Å²) in [4.78, 5) is 26.0.